The third kappa shape index (κ3) is 4.77. The third-order valence-corrected chi connectivity index (χ3v) is 23.3. The second kappa shape index (κ2) is 12.8. The topological polar surface area (TPSA) is 30.7 Å². The molecule has 59 heavy (non-hydrogen) atoms. The molecule has 2 aliphatic rings. The minimum atomic E-state index is -3.69. The summed E-state index contributed by atoms with van der Waals surface area (Å²) in [4.78, 5) is 11.5. The molecule has 0 saturated heterocycles. The predicted octanol–water partition coefficient (Wildman–Crippen LogP) is 10.6. The Balaban J connectivity index is 1.17. The van der Waals surface area contributed by atoms with Crippen LogP contribution in [0.5, 0.6) is 0 Å². The molecule has 10 aromatic rings. The summed E-state index contributed by atoms with van der Waals surface area (Å²) in [5.41, 5.74) is 14.1. The predicted molar refractivity (Wildman–Crippen MR) is 247 cm³/mol. The van der Waals surface area contributed by atoms with Crippen molar-refractivity contribution >= 4 is 52.7 Å². The Labute approximate surface area is 346 Å². The van der Waals surface area contributed by atoms with Crippen LogP contribution in [0.2, 0.25) is 0 Å². The summed E-state index contributed by atoms with van der Waals surface area (Å²) in [5.74, 6) is 0.729. The van der Waals surface area contributed by atoms with Crippen LogP contribution >= 0.6 is 0 Å². The van der Waals surface area contributed by atoms with E-state index in [0.717, 1.165) is 34.0 Å². The molecule has 0 spiro atoms. The number of aromatic nitrogens is 3. The van der Waals surface area contributed by atoms with Gasteiger partial charge in [-0.15, -0.1) is 0 Å². The molecule has 12 rings (SSSR count). The van der Waals surface area contributed by atoms with Crippen molar-refractivity contribution in [2.24, 2.45) is 0 Å². The van der Waals surface area contributed by atoms with E-state index in [2.05, 4.69) is 219 Å². The Morgan fingerprint density at radius 3 is 1.76 bits per heavy atom. The van der Waals surface area contributed by atoms with Crippen LogP contribution < -0.4 is 17.6 Å². The van der Waals surface area contributed by atoms with Crippen molar-refractivity contribution < 1.29 is 0 Å². The fraction of sp³-hybridized carbons (Fsp3) is 0.0545. The van der Waals surface area contributed by atoms with Gasteiger partial charge in [0.15, 0.2) is 0 Å². The molecule has 0 fully saturated rings. The number of benzene rings is 8. The number of hydrogen-bond donors (Lipinski definition) is 0. The fourth-order valence-corrected chi connectivity index (χ4v) is 21.5. The molecule has 2 aromatic heterocycles. The van der Waals surface area contributed by atoms with Gasteiger partial charge in [0.2, 0.25) is 0 Å². The van der Waals surface area contributed by atoms with E-state index in [-0.39, 0.29) is 5.41 Å². The molecule has 3 heterocycles. The molecule has 4 heteroatoms. The van der Waals surface area contributed by atoms with E-state index in [1.54, 1.807) is 0 Å². The average molecular weight is 815 g/mol. The van der Waals surface area contributed by atoms with Gasteiger partial charge in [-0.3, -0.25) is 0 Å². The number of nitrogens with zero attached hydrogens (tertiary/aromatic N) is 3. The maximum atomic E-state index is 5.78. The molecule has 0 atom stereocenters. The first-order chi connectivity index (χ1) is 29.0. The first-order valence-electron chi connectivity index (χ1n) is 20.5. The molecule has 0 radical (unpaired) electrons. The van der Waals surface area contributed by atoms with Crippen LogP contribution in [0.4, 0.5) is 0 Å². The first-order valence-corrected chi connectivity index (χ1v) is 24.7. The van der Waals surface area contributed by atoms with Crippen LogP contribution in [0, 0.1) is 0 Å². The Bertz CT molecular complexity index is 3250. The Hall–Kier alpha value is -6.82. The number of hydrogen-bond acceptors (Lipinski definition) is 2. The molecule has 278 valence electrons. The Morgan fingerprint density at radius 2 is 1.02 bits per heavy atom. The summed E-state index contributed by atoms with van der Waals surface area (Å²) < 4.78 is 7.91. The molecular weight excluding hydrogens is 775 g/mol. The molecule has 8 aromatic carbocycles. The van der Waals surface area contributed by atoms with E-state index in [1.165, 1.54) is 67.2 Å². The zero-order valence-electron chi connectivity index (χ0n) is 32.9. The van der Waals surface area contributed by atoms with Crippen LogP contribution in [-0.2, 0) is 5.41 Å². The Kier molecular flexibility index (Phi) is 7.45. The van der Waals surface area contributed by atoms with Crippen LogP contribution in [-0.4, -0.2) is 27.8 Å². The standard InChI is InChI=1S/C55H39GeN3/c1-55(2)45-30-16-12-26-39(45)43-34-44-40-27-14-18-32-48(40)59(50(44)35-46(43)55)49-33-19-15-29-42(49)54-57-52(36-20-6-3-7-21-36)51-53(58-54)41-28-13-17-31-47(41)56(51,37-22-8-4-9-23-37)38-24-10-5-11-25-38/h3-35H,1-2H3. The monoisotopic (exact) mass is 815 g/mol. The van der Waals surface area contributed by atoms with Crippen molar-refractivity contribution in [3.05, 3.63) is 211 Å². The van der Waals surface area contributed by atoms with E-state index < -0.39 is 13.3 Å². The van der Waals surface area contributed by atoms with E-state index in [1.807, 2.05) is 0 Å². The first kappa shape index (κ1) is 34.2. The zero-order valence-corrected chi connectivity index (χ0v) is 35.0. The number of fused-ring (bicyclic) bond motifs is 9. The second-order valence-corrected chi connectivity index (χ2v) is 24.2. The van der Waals surface area contributed by atoms with Crippen molar-refractivity contribution in [1.82, 2.24) is 14.5 Å². The zero-order chi connectivity index (χ0) is 39.3. The van der Waals surface area contributed by atoms with Crippen LogP contribution in [0.3, 0.4) is 0 Å². The van der Waals surface area contributed by atoms with E-state index in [0.29, 0.717) is 0 Å². The second-order valence-electron chi connectivity index (χ2n) is 16.5. The van der Waals surface area contributed by atoms with Crippen LogP contribution in [0.1, 0.15) is 25.0 Å². The summed E-state index contributed by atoms with van der Waals surface area (Å²) in [6, 6.07) is 73.6. The molecule has 0 bridgehead atoms. The third-order valence-electron chi connectivity index (χ3n) is 13.1. The van der Waals surface area contributed by atoms with Gasteiger partial charge < -0.3 is 0 Å². The van der Waals surface area contributed by atoms with Gasteiger partial charge in [-0.05, 0) is 0 Å². The minimum absolute atomic E-state index is 0.128. The number of para-hydroxylation sites is 2. The van der Waals surface area contributed by atoms with Crippen molar-refractivity contribution in [3.8, 4) is 50.7 Å². The molecule has 1 aliphatic carbocycles. The van der Waals surface area contributed by atoms with Gasteiger partial charge >= 0.3 is 324 Å². The van der Waals surface area contributed by atoms with Crippen LogP contribution in [0.25, 0.3) is 72.5 Å². The molecule has 0 unspecified atom stereocenters. The number of rotatable bonds is 5. The van der Waals surface area contributed by atoms with Gasteiger partial charge in [0.05, 0.1) is 0 Å². The maximum absolute atomic E-state index is 5.78. The average Bonchev–Trinajstić information content (AvgIpc) is 3.87. The van der Waals surface area contributed by atoms with Crippen molar-refractivity contribution in [3.63, 3.8) is 0 Å². The summed E-state index contributed by atoms with van der Waals surface area (Å²) in [6.07, 6.45) is 0. The fourth-order valence-electron chi connectivity index (χ4n) is 10.5. The van der Waals surface area contributed by atoms with E-state index in [9.17, 15) is 0 Å². The molecular formula is C55H39GeN3. The molecule has 3 nitrogen and oxygen atoms in total. The van der Waals surface area contributed by atoms with Crippen molar-refractivity contribution in [1.29, 1.82) is 0 Å². The van der Waals surface area contributed by atoms with Gasteiger partial charge in [0, 0.05) is 0 Å². The van der Waals surface area contributed by atoms with E-state index in [4.69, 9.17) is 9.97 Å². The van der Waals surface area contributed by atoms with Crippen LogP contribution in [0.15, 0.2) is 200 Å². The van der Waals surface area contributed by atoms with Gasteiger partial charge in [0.1, 0.15) is 0 Å². The van der Waals surface area contributed by atoms with Crippen molar-refractivity contribution in [2.45, 2.75) is 19.3 Å². The summed E-state index contributed by atoms with van der Waals surface area (Å²) in [5, 5.41) is 2.48. The van der Waals surface area contributed by atoms with Gasteiger partial charge in [-0.2, -0.15) is 0 Å². The molecule has 0 amide bonds. The SMILES string of the molecule is CC1(C)c2ccccc2-c2cc3c4ccccc4n(-c4ccccc4-c4nc(-c5ccccc5)[c]5c(n4)-c4cccc[c]4[Ge]5([c]4ccccc4)[c]4ccccc4)c3cc21. The summed E-state index contributed by atoms with van der Waals surface area (Å²) in [7, 11) is 0. The van der Waals surface area contributed by atoms with Gasteiger partial charge in [-0.1, -0.05) is 24.3 Å². The normalized spacial score (nSPS) is 14.2. The van der Waals surface area contributed by atoms with Gasteiger partial charge in [0.25, 0.3) is 0 Å². The Morgan fingerprint density at radius 1 is 0.441 bits per heavy atom. The van der Waals surface area contributed by atoms with E-state index >= 15 is 0 Å². The summed E-state index contributed by atoms with van der Waals surface area (Å²) >= 11 is -3.69. The van der Waals surface area contributed by atoms with Crippen molar-refractivity contribution in [2.75, 3.05) is 0 Å². The summed E-state index contributed by atoms with van der Waals surface area (Å²) in [6.45, 7) is 4.72. The molecule has 0 N–H and O–H groups in total. The van der Waals surface area contributed by atoms with Gasteiger partial charge in [-0.25, -0.2) is 0 Å². The molecule has 0 saturated carbocycles. The quantitative estimate of drug-likeness (QED) is 0.162. The molecule has 1 aliphatic heterocycles.